The molecule has 1 aliphatic heterocycles. The van der Waals surface area contributed by atoms with Gasteiger partial charge in [-0.2, -0.15) is 0 Å². The Morgan fingerprint density at radius 1 is 1.03 bits per heavy atom. The summed E-state index contributed by atoms with van der Waals surface area (Å²) < 4.78 is 5.94. The molecule has 1 unspecified atom stereocenters. The third-order valence-electron chi connectivity index (χ3n) is 5.85. The topological polar surface area (TPSA) is 78.9 Å². The Hall–Kier alpha value is -3.64. The van der Waals surface area contributed by atoms with Crippen LogP contribution in [0, 0.1) is 6.92 Å². The molecule has 3 aromatic carbocycles. The number of anilines is 1. The van der Waals surface area contributed by atoms with Crippen molar-refractivity contribution in [3.63, 3.8) is 0 Å². The maximum atomic E-state index is 13.6. The molecule has 0 saturated heterocycles. The number of rotatable bonds is 8. The van der Waals surface area contributed by atoms with Crippen LogP contribution in [0.25, 0.3) is 0 Å². The summed E-state index contributed by atoms with van der Waals surface area (Å²) in [5.41, 5.74) is 3.88. The van der Waals surface area contributed by atoms with E-state index in [0.717, 1.165) is 16.7 Å². The number of ether oxygens (including phenoxy) is 1. The van der Waals surface area contributed by atoms with Gasteiger partial charge in [0.2, 0.25) is 5.91 Å². The lowest BCUT2D eigenvalue weighted by Gasteiger charge is -2.26. The van der Waals surface area contributed by atoms with Crippen molar-refractivity contribution in [1.82, 2.24) is 5.32 Å². The highest BCUT2D eigenvalue weighted by Crippen LogP contribution is 2.32. The monoisotopic (exact) mass is 444 g/mol. The molecule has 0 aliphatic carbocycles. The highest BCUT2D eigenvalue weighted by atomic mass is 16.5. The Balaban J connectivity index is 1.54. The van der Waals surface area contributed by atoms with E-state index in [4.69, 9.17) is 4.74 Å². The van der Waals surface area contributed by atoms with Crippen LogP contribution in [-0.2, 0) is 22.6 Å². The molecule has 0 aromatic heterocycles. The molecule has 0 radical (unpaired) electrons. The summed E-state index contributed by atoms with van der Waals surface area (Å²) in [5, 5.41) is 12.9. The number of carbonyl (C=O) groups is 2. The lowest BCUT2D eigenvalue weighted by molar-refractivity contribution is -0.140. The number of hydrogen-bond donors (Lipinski definition) is 2. The van der Waals surface area contributed by atoms with Crippen LogP contribution in [-0.4, -0.2) is 35.7 Å². The molecule has 0 saturated carbocycles. The Bertz CT molecular complexity index is 1100. The molecular weight excluding hydrogens is 416 g/mol. The first-order chi connectivity index (χ1) is 16.0. The van der Waals surface area contributed by atoms with Crippen molar-refractivity contribution in [3.8, 4) is 5.75 Å². The largest absolute Gasteiger partial charge is 0.489 e. The molecule has 1 aliphatic rings. The number of benzene rings is 3. The summed E-state index contributed by atoms with van der Waals surface area (Å²) in [4.78, 5) is 27.3. The summed E-state index contributed by atoms with van der Waals surface area (Å²) >= 11 is 0. The van der Waals surface area contributed by atoms with Crippen LogP contribution in [0.15, 0.2) is 78.9 Å². The number of fused-ring (bicyclic) bond motifs is 1. The van der Waals surface area contributed by atoms with Crippen LogP contribution >= 0.6 is 0 Å². The molecule has 1 heterocycles. The van der Waals surface area contributed by atoms with E-state index >= 15 is 0 Å². The SMILES string of the molecule is Cc1ccc(CN2C(=O)C(N[C@@H](CCc3ccccc3)C(=O)O)COc3ccccc32)cc1. The van der Waals surface area contributed by atoms with Gasteiger partial charge in [0.15, 0.2) is 0 Å². The van der Waals surface area contributed by atoms with Gasteiger partial charge in [0.25, 0.3) is 0 Å². The molecular formula is C27H28N2O4. The fraction of sp³-hybridized carbons (Fsp3) is 0.259. The van der Waals surface area contributed by atoms with E-state index in [1.807, 2.05) is 85.8 Å². The van der Waals surface area contributed by atoms with Crippen LogP contribution in [0.3, 0.4) is 0 Å². The second-order valence-corrected chi connectivity index (χ2v) is 8.32. The normalized spacial score (nSPS) is 16.5. The fourth-order valence-electron chi connectivity index (χ4n) is 3.99. The Morgan fingerprint density at radius 3 is 2.45 bits per heavy atom. The zero-order chi connectivity index (χ0) is 23.2. The average Bonchev–Trinajstić information content (AvgIpc) is 2.95. The molecule has 4 rings (SSSR count). The molecule has 6 heteroatoms. The van der Waals surface area contributed by atoms with E-state index in [2.05, 4.69) is 5.32 Å². The highest BCUT2D eigenvalue weighted by Gasteiger charge is 2.34. The number of aliphatic carboxylic acids is 1. The van der Waals surface area contributed by atoms with E-state index in [-0.39, 0.29) is 12.5 Å². The number of amides is 1. The zero-order valence-corrected chi connectivity index (χ0v) is 18.6. The second kappa shape index (κ2) is 10.3. The minimum atomic E-state index is -0.981. The molecule has 6 nitrogen and oxygen atoms in total. The number of para-hydroxylation sites is 2. The number of nitrogens with one attached hydrogen (secondary N) is 1. The van der Waals surface area contributed by atoms with Crippen LogP contribution in [0.1, 0.15) is 23.1 Å². The van der Waals surface area contributed by atoms with E-state index in [1.54, 1.807) is 4.90 Å². The van der Waals surface area contributed by atoms with Crippen LogP contribution < -0.4 is 15.0 Å². The lowest BCUT2D eigenvalue weighted by Crippen LogP contribution is -2.53. The van der Waals surface area contributed by atoms with Gasteiger partial charge >= 0.3 is 5.97 Å². The van der Waals surface area contributed by atoms with Gasteiger partial charge in [-0.3, -0.25) is 14.9 Å². The average molecular weight is 445 g/mol. The van der Waals surface area contributed by atoms with E-state index in [1.165, 1.54) is 0 Å². The molecule has 0 bridgehead atoms. The molecule has 1 amide bonds. The van der Waals surface area contributed by atoms with Crippen LogP contribution in [0.4, 0.5) is 5.69 Å². The fourth-order valence-corrected chi connectivity index (χ4v) is 3.99. The number of aryl methyl sites for hydroxylation is 2. The molecule has 33 heavy (non-hydrogen) atoms. The van der Waals surface area contributed by atoms with Gasteiger partial charge in [-0.15, -0.1) is 0 Å². The molecule has 0 spiro atoms. The number of carboxylic acids is 1. The highest BCUT2D eigenvalue weighted by molar-refractivity contribution is 5.99. The molecule has 3 aromatic rings. The number of carbonyl (C=O) groups excluding carboxylic acids is 1. The van der Waals surface area contributed by atoms with E-state index in [9.17, 15) is 14.7 Å². The first-order valence-electron chi connectivity index (χ1n) is 11.1. The summed E-state index contributed by atoms with van der Waals surface area (Å²) in [5.74, 6) is -0.574. The van der Waals surface area contributed by atoms with Gasteiger partial charge in [-0.25, -0.2) is 0 Å². The van der Waals surface area contributed by atoms with Crippen molar-refractivity contribution in [2.75, 3.05) is 11.5 Å². The first-order valence-corrected chi connectivity index (χ1v) is 11.1. The Kier molecular flexibility index (Phi) is 7.05. The molecule has 2 N–H and O–H groups in total. The van der Waals surface area contributed by atoms with Gasteiger partial charge < -0.3 is 14.7 Å². The van der Waals surface area contributed by atoms with Crippen LogP contribution in [0.2, 0.25) is 0 Å². The molecule has 170 valence electrons. The maximum Gasteiger partial charge on any atom is 0.320 e. The maximum absolute atomic E-state index is 13.6. The minimum Gasteiger partial charge on any atom is -0.489 e. The van der Waals surface area contributed by atoms with Crippen molar-refractivity contribution in [2.45, 2.75) is 38.4 Å². The van der Waals surface area contributed by atoms with Gasteiger partial charge in [-0.05, 0) is 43.0 Å². The van der Waals surface area contributed by atoms with Crippen molar-refractivity contribution >= 4 is 17.6 Å². The van der Waals surface area contributed by atoms with E-state index < -0.39 is 18.1 Å². The second-order valence-electron chi connectivity index (χ2n) is 8.32. The van der Waals surface area contributed by atoms with Gasteiger partial charge in [-0.1, -0.05) is 72.3 Å². The third-order valence-corrected chi connectivity index (χ3v) is 5.85. The van der Waals surface area contributed by atoms with Gasteiger partial charge in [0, 0.05) is 0 Å². The summed E-state index contributed by atoms with van der Waals surface area (Å²) in [6, 6.07) is 23.5. The summed E-state index contributed by atoms with van der Waals surface area (Å²) in [6.07, 6.45) is 0.966. The quantitative estimate of drug-likeness (QED) is 0.550. The van der Waals surface area contributed by atoms with Crippen molar-refractivity contribution in [2.24, 2.45) is 0 Å². The van der Waals surface area contributed by atoms with E-state index in [0.29, 0.717) is 30.8 Å². The van der Waals surface area contributed by atoms with Crippen molar-refractivity contribution < 1.29 is 19.4 Å². The van der Waals surface area contributed by atoms with Crippen molar-refractivity contribution in [3.05, 3.63) is 95.6 Å². The smallest absolute Gasteiger partial charge is 0.320 e. The predicted octanol–water partition coefficient (Wildman–Crippen LogP) is 3.96. The number of hydrogen-bond acceptors (Lipinski definition) is 4. The lowest BCUT2D eigenvalue weighted by atomic mass is 10.0. The minimum absolute atomic E-state index is 0.0648. The summed E-state index contributed by atoms with van der Waals surface area (Å²) in [7, 11) is 0. The number of nitrogens with zero attached hydrogens (tertiary/aromatic N) is 1. The predicted molar refractivity (Wildman–Crippen MR) is 127 cm³/mol. The summed E-state index contributed by atoms with van der Waals surface area (Å²) in [6.45, 7) is 2.46. The van der Waals surface area contributed by atoms with Crippen molar-refractivity contribution in [1.29, 1.82) is 0 Å². The standard InChI is InChI=1S/C27H28N2O4/c1-19-11-13-21(14-12-19)17-29-24-9-5-6-10-25(24)33-18-23(26(29)30)28-22(27(31)32)16-15-20-7-3-2-4-8-20/h2-14,22-23,28H,15-18H2,1H3,(H,31,32)/t22-,23?/m0/s1. The Morgan fingerprint density at radius 2 is 1.73 bits per heavy atom. The first kappa shape index (κ1) is 22.6. The van der Waals surface area contributed by atoms with Crippen LogP contribution in [0.5, 0.6) is 5.75 Å². The number of carboxylic acid groups (broad SMARTS) is 1. The molecule has 2 atom stereocenters. The molecule has 0 fully saturated rings. The third kappa shape index (κ3) is 5.59. The van der Waals surface area contributed by atoms with Gasteiger partial charge in [0.05, 0.1) is 12.2 Å². The Labute approximate surface area is 193 Å². The van der Waals surface area contributed by atoms with Gasteiger partial charge in [0.1, 0.15) is 24.4 Å². The zero-order valence-electron chi connectivity index (χ0n) is 18.6.